The van der Waals surface area contributed by atoms with Crippen LogP contribution in [0.2, 0.25) is 15.1 Å². The zero-order valence-corrected chi connectivity index (χ0v) is 17.2. The van der Waals surface area contributed by atoms with Crippen LogP contribution in [-0.4, -0.2) is 29.3 Å². The Labute approximate surface area is 176 Å². The van der Waals surface area contributed by atoms with Crippen LogP contribution in [0.15, 0.2) is 36.4 Å². The highest BCUT2D eigenvalue weighted by molar-refractivity contribution is 6.35. The molecule has 1 fully saturated rings. The molecule has 2 N–H and O–H groups in total. The fraction of sp³-hybridized carbons (Fsp3) is 0.211. The van der Waals surface area contributed by atoms with Gasteiger partial charge in [-0.15, -0.1) is 0 Å². The number of carbonyl (C=O) groups is 3. The van der Waals surface area contributed by atoms with Crippen LogP contribution in [0.3, 0.4) is 0 Å². The summed E-state index contributed by atoms with van der Waals surface area (Å²) in [5.41, 5.74) is 0.331. The molecule has 3 rings (SSSR count). The van der Waals surface area contributed by atoms with Gasteiger partial charge >= 0.3 is 6.03 Å². The summed E-state index contributed by atoms with van der Waals surface area (Å²) in [6.45, 7) is 2.92. The van der Waals surface area contributed by atoms with Gasteiger partial charge < -0.3 is 10.6 Å². The molecule has 4 amide bonds. The van der Waals surface area contributed by atoms with Crippen molar-refractivity contribution >= 4 is 58.3 Å². The van der Waals surface area contributed by atoms with Crippen molar-refractivity contribution in [1.29, 1.82) is 0 Å². The van der Waals surface area contributed by atoms with E-state index >= 15 is 0 Å². The molecule has 1 heterocycles. The maximum absolute atomic E-state index is 12.9. The van der Waals surface area contributed by atoms with Gasteiger partial charge in [-0.2, -0.15) is 0 Å². The second kappa shape index (κ2) is 7.62. The zero-order chi connectivity index (χ0) is 20.6. The van der Waals surface area contributed by atoms with E-state index in [4.69, 9.17) is 34.8 Å². The molecule has 2 aromatic carbocycles. The van der Waals surface area contributed by atoms with Gasteiger partial charge in [0, 0.05) is 26.3 Å². The molecule has 1 aliphatic rings. The molecule has 28 heavy (non-hydrogen) atoms. The van der Waals surface area contributed by atoms with Gasteiger partial charge in [-0.3, -0.25) is 14.5 Å². The third-order valence-electron chi connectivity index (χ3n) is 4.50. The first-order valence-electron chi connectivity index (χ1n) is 8.27. The molecule has 0 aromatic heterocycles. The predicted molar refractivity (Wildman–Crippen MR) is 109 cm³/mol. The van der Waals surface area contributed by atoms with Crippen molar-refractivity contribution in [2.75, 3.05) is 11.9 Å². The first kappa shape index (κ1) is 20.5. The van der Waals surface area contributed by atoms with Crippen LogP contribution in [0.5, 0.6) is 0 Å². The normalized spacial score (nSPS) is 19.0. The molecule has 0 bridgehead atoms. The number of nitrogens with zero attached hydrogens (tertiary/aromatic N) is 1. The molecule has 2 aromatic rings. The van der Waals surface area contributed by atoms with Crippen LogP contribution in [0.4, 0.5) is 10.5 Å². The maximum Gasteiger partial charge on any atom is 0.325 e. The van der Waals surface area contributed by atoms with E-state index in [0.29, 0.717) is 21.3 Å². The molecule has 0 radical (unpaired) electrons. The average molecular weight is 441 g/mol. The Morgan fingerprint density at radius 2 is 1.82 bits per heavy atom. The zero-order valence-electron chi connectivity index (χ0n) is 15.0. The van der Waals surface area contributed by atoms with Crippen LogP contribution in [0.1, 0.15) is 18.1 Å². The van der Waals surface area contributed by atoms with E-state index in [2.05, 4.69) is 10.6 Å². The Hall–Kier alpha value is -2.28. The number of hydrogen-bond donors (Lipinski definition) is 2. The molecule has 9 heteroatoms. The van der Waals surface area contributed by atoms with E-state index in [0.717, 1.165) is 10.5 Å². The van der Waals surface area contributed by atoms with Crippen molar-refractivity contribution in [2.24, 2.45) is 0 Å². The molecule has 146 valence electrons. The quantitative estimate of drug-likeness (QED) is 0.693. The lowest BCUT2D eigenvalue weighted by Gasteiger charge is -2.23. The Bertz CT molecular complexity index is 996. The topological polar surface area (TPSA) is 78.5 Å². The molecular formula is C19H16Cl3N3O3. The SMILES string of the molecule is Cc1ccc(NC(=O)CN2C(=O)NC(C)(c3ccc(Cl)cc3Cl)C2=O)cc1Cl. The number of imide groups is 1. The van der Waals surface area contributed by atoms with Crippen molar-refractivity contribution in [3.63, 3.8) is 0 Å². The highest BCUT2D eigenvalue weighted by Gasteiger charge is 2.50. The third kappa shape index (κ3) is 3.81. The highest BCUT2D eigenvalue weighted by Crippen LogP contribution is 2.35. The van der Waals surface area contributed by atoms with E-state index in [1.165, 1.54) is 13.0 Å². The van der Waals surface area contributed by atoms with Crippen molar-refractivity contribution in [2.45, 2.75) is 19.4 Å². The van der Waals surface area contributed by atoms with E-state index in [1.807, 2.05) is 6.92 Å². The lowest BCUT2D eigenvalue weighted by Crippen LogP contribution is -2.42. The number of rotatable bonds is 4. The number of amides is 4. The number of urea groups is 1. The summed E-state index contributed by atoms with van der Waals surface area (Å²) in [5.74, 6) is -1.12. The summed E-state index contributed by atoms with van der Waals surface area (Å²) in [4.78, 5) is 38.5. The number of halogens is 3. The number of hydrogen-bond acceptors (Lipinski definition) is 3. The van der Waals surface area contributed by atoms with E-state index < -0.39 is 29.9 Å². The summed E-state index contributed by atoms with van der Waals surface area (Å²) in [6, 6.07) is 8.98. The van der Waals surface area contributed by atoms with E-state index in [-0.39, 0.29) is 5.02 Å². The number of nitrogens with one attached hydrogen (secondary N) is 2. The molecule has 0 spiro atoms. The minimum absolute atomic E-state index is 0.240. The van der Waals surface area contributed by atoms with Crippen LogP contribution in [0, 0.1) is 6.92 Å². The van der Waals surface area contributed by atoms with Gasteiger partial charge in [0.05, 0.1) is 0 Å². The van der Waals surface area contributed by atoms with E-state index in [1.54, 1.807) is 30.3 Å². The Kier molecular flexibility index (Phi) is 5.57. The van der Waals surface area contributed by atoms with Gasteiger partial charge in [0.15, 0.2) is 0 Å². The minimum atomic E-state index is -1.40. The van der Waals surface area contributed by atoms with Gasteiger partial charge in [0.25, 0.3) is 5.91 Å². The smallest absolute Gasteiger partial charge is 0.324 e. The first-order chi connectivity index (χ1) is 13.1. The van der Waals surface area contributed by atoms with Crippen LogP contribution < -0.4 is 10.6 Å². The van der Waals surface area contributed by atoms with Gasteiger partial charge in [-0.25, -0.2) is 4.79 Å². The summed E-state index contributed by atoms with van der Waals surface area (Å²) in [6.07, 6.45) is 0. The van der Waals surface area contributed by atoms with Gasteiger partial charge in [0.1, 0.15) is 12.1 Å². The number of aryl methyl sites for hydroxylation is 1. The van der Waals surface area contributed by atoms with Crippen LogP contribution >= 0.6 is 34.8 Å². The second-order valence-corrected chi connectivity index (χ2v) is 7.83. The number of anilines is 1. The lowest BCUT2D eigenvalue weighted by atomic mass is 9.92. The predicted octanol–water partition coefficient (Wildman–Crippen LogP) is 4.36. The second-order valence-electron chi connectivity index (χ2n) is 6.58. The number of benzene rings is 2. The minimum Gasteiger partial charge on any atom is -0.324 e. The van der Waals surface area contributed by atoms with Gasteiger partial charge in [-0.05, 0) is 43.7 Å². The molecular weight excluding hydrogens is 425 g/mol. The fourth-order valence-electron chi connectivity index (χ4n) is 2.93. The largest absolute Gasteiger partial charge is 0.325 e. The van der Waals surface area contributed by atoms with E-state index in [9.17, 15) is 14.4 Å². The van der Waals surface area contributed by atoms with Crippen molar-refractivity contribution < 1.29 is 14.4 Å². The number of carbonyl (C=O) groups excluding carboxylic acids is 3. The monoisotopic (exact) mass is 439 g/mol. The Morgan fingerprint density at radius 1 is 1.11 bits per heavy atom. The first-order valence-corrected chi connectivity index (χ1v) is 9.41. The van der Waals surface area contributed by atoms with Crippen LogP contribution in [-0.2, 0) is 15.1 Å². The molecule has 1 unspecified atom stereocenters. The molecule has 0 saturated carbocycles. The summed E-state index contributed by atoms with van der Waals surface area (Å²) >= 11 is 18.1. The fourth-order valence-corrected chi connectivity index (χ4v) is 3.71. The molecule has 1 saturated heterocycles. The molecule has 1 atom stereocenters. The van der Waals surface area contributed by atoms with Gasteiger partial charge in [0.2, 0.25) is 5.91 Å². The summed E-state index contributed by atoms with van der Waals surface area (Å²) in [5, 5.41) is 6.37. The maximum atomic E-state index is 12.9. The van der Waals surface area contributed by atoms with Crippen LogP contribution in [0.25, 0.3) is 0 Å². The lowest BCUT2D eigenvalue weighted by molar-refractivity contribution is -0.133. The molecule has 6 nitrogen and oxygen atoms in total. The Balaban J connectivity index is 1.78. The molecule has 1 aliphatic heterocycles. The third-order valence-corrected chi connectivity index (χ3v) is 5.46. The van der Waals surface area contributed by atoms with Crippen molar-refractivity contribution in [3.05, 3.63) is 62.6 Å². The summed E-state index contributed by atoms with van der Waals surface area (Å²) in [7, 11) is 0. The average Bonchev–Trinajstić information content (AvgIpc) is 2.82. The summed E-state index contributed by atoms with van der Waals surface area (Å²) < 4.78 is 0. The molecule has 0 aliphatic carbocycles. The van der Waals surface area contributed by atoms with Crippen molar-refractivity contribution in [1.82, 2.24) is 10.2 Å². The standard InChI is InChI=1S/C19H16Cl3N3O3/c1-10-3-5-12(8-14(10)21)23-16(26)9-25-17(27)19(2,24-18(25)28)13-6-4-11(20)7-15(13)22/h3-8H,9H2,1-2H3,(H,23,26)(H,24,28). The highest BCUT2D eigenvalue weighted by atomic mass is 35.5. The van der Waals surface area contributed by atoms with Crippen molar-refractivity contribution in [3.8, 4) is 0 Å². The van der Waals surface area contributed by atoms with Gasteiger partial charge in [-0.1, -0.05) is 46.9 Å². The Morgan fingerprint density at radius 3 is 2.46 bits per heavy atom.